The highest BCUT2D eigenvalue weighted by Crippen LogP contribution is 2.21. The number of carbonyl (C=O) groups is 1. The number of methoxy groups -OCH3 is 1. The van der Waals surface area contributed by atoms with E-state index in [4.69, 9.17) is 16.3 Å². The molecule has 0 amide bonds. The summed E-state index contributed by atoms with van der Waals surface area (Å²) < 4.78 is 37.2. The van der Waals surface area contributed by atoms with Gasteiger partial charge in [-0.05, 0) is 36.8 Å². The molecule has 8 heteroatoms. The number of benzene rings is 2. The van der Waals surface area contributed by atoms with Crippen LogP contribution in [0.25, 0.3) is 0 Å². The van der Waals surface area contributed by atoms with E-state index in [1.165, 1.54) is 25.3 Å². The largest absolute Gasteiger partial charge is 0.492 e. The van der Waals surface area contributed by atoms with E-state index in [0.29, 0.717) is 5.75 Å². The number of ether oxygens (including phenoxy) is 2. The Morgan fingerprint density at radius 1 is 1.20 bits per heavy atom. The van der Waals surface area contributed by atoms with Crippen molar-refractivity contribution in [3.05, 3.63) is 58.6 Å². The Balaban J connectivity index is 2.02. The van der Waals surface area contributed by atoms with E-state index in [1.54, 1.807) is 0 Å². The summed E-state index contributed by atoms with van der Waals surface area (Å²) in [6, 6.07) is 11.3. The van der Waals surface area contributed by atoms with Crippen molar-refractivity contribution in [1.82, 2.24) is 4.72 Å². The van der Waals surface area contributed by atoms with Gasteiger partial charge < -0.3 is 9.47 Å². The van der Waals surface area contributed by atoms with Crippen molar-refractivity contribution in [2.45, 2.75) is 11.8 Å². The fraction of sp³-hybridized carbons (Fsp3) is 0.235. The Morgan fingerprint density at radius 3 is 2.60 bits per heavy atom. The van der Waals surface area contributed by atoms with Crippen LogP contribution in [0.4, 0.5) is 0 Å². The van der Waals surface area contributed by atoms with Gasteiger partial charge in [-0.3, -0.25) is 0 Å². The highest BCUT2D eigenvalue weighted by atomic mass is 35.5. The molecular formula is C17H18ClNO5S. The van der Waals surface area contributed by atoms with Crippen LogP contribution >= 0.6 is 11.6 Å². The molecule has 0 fully saturated rings. The third-order valence-corrected chi connectivity index (χ3v) is 5.19. The fourth-order valence-corrected chi connectivity index (χ4v) is 3.31. The quantitative estimate of drug-likeness (QED) is 0.587. The van der Waals surface area contributed by atoms with Gasteiger partial charge in [0.1, 0.15) is 12.4 Å². The molecule has 134 valence electrons. The van der Waals surface area contributed by atoms with E-state index in [0.717, 1.165) is 5.56 Å². The first-order valence-electron chi connectivity index (χ1n) is 7.41. The molecular weight excluding hydrogens is 366 g/mol. The molecule has 0 heterocycles. The second-order valence-electron chi connectivity index (χ2n) is 5.14. The van der Waals surface area contributed by atoms with Crippen LogP contribution in [0.2, 0.25) is 5.02 Å². The molecule has 0 aliphatic rings. The minimum Gasteiger partial charge on any atom is -0.492 e. The number of rotatable bonds is 7. The van der Waals surface area contributed by atoms with E-state index >= 15 is 0 Å². The van der Waals surface area contributed by atoms with Crippen LogP contribution in [0.5, 0.6) is 5.75 Å². The smallest absolute Gasteiger partial charge is 0.339 e. The van der Waals surface area contributed by atoms with Crippen LogP contribution in [0.1, 0.15) is 15.9 Å². The highest BCUT2D eigenvalue weighted by Gasteiger charge is 2.18. The standard InChI is InChI=1S/C17H18ClNO5S/c1-12-5-3-4-6-16(12)24-10-9-19-25(21,22)13-7-8-15(18)14(11-13)17(20)23-2/h3-8,11,19H,9-10H2,1-2H3. The first-order chi connectivity index (χ1) is 11.8. The maximum absolute atomic E-state index is 12.3. The minimum absolute atomic E-state index is 0.0109. The maximum atomic E-state index is 12.3. The summed E-state index contributed by atoms with van der Waals surface area (Å²) >= 11 is 5.89. The first-order valence-corrected chi connectivity index (χ1v) is 9.27. The molecule has 0 saturated heterocycles. The average molecular weight is 384 g/mol. The molecule has 2 aromatic rings. The van der Waals surface area contributed by atoms with E-state index in [2.05, 4.69) is 9.46 Å². The zero-order chi connectivity index (χ0) is 18.4. The average Bonchev–Trinajstić information content (AvgIpc) is 2.59. The SMILES string of the molecule is COC(=O)c1cc(S(=O)(=O)NCCOc2ccccc2C)ccc1Cl. The molecule has 0 aliphatic heterocycles. The molecule has 0 radical (unpaired) electrons. The summed E-state index contributed by atoms with van der Waals surface area (Å²) in [7, 11) is -2.61. The van der Waals surface area contributed by atoms with Crippen molar-refractivity contribution >= 4 is 27.6 Å². The predicted octanol–water partition coefficient (Wildman–Crippen LogP) is 2.79. The number of sulfonamides is 1. The van der Waals surface area contributed by atoms with Crippen molar-refractivity contribution in [2.75, 3.05) is 20.3 Å². The lowest BCUT2D eigenvalue weighted by atomic mass is 10.2. The Kier molecular flexibility index (Phi) is 6.41. The van der Waals surface area contributed by atoms with Crippen molar-refractivity contribution in [2.24, 2.45) is 0 Å². The topological polar surface area (TPSA) is 81.7 Å². The van der Waals surface area contributed by atoms with Gasteiger partial charge in [-0.1, -0.05) is 29.8 Å². The summed E-state index contributed by atoms with van der Waals surface area (Å²) in [6.07, 6.45) is 0. The summed E-state index contributed by atoms with van der Waals surface area (Å²) in [6.45, 7) is 2.15. The van der Waals surface area contributed by atoms with Crippen LogP contribution in [0.15, 0.2) is 47.4 Å². The van der Waals surface area contributed by atoms with E-state index in [1.807, 2.05) is 31.2 Å². The summed E-state index contributed by atoms with van der Waals surface area (Å²) in [5.74, 6) is -0.00824. The normalized spacial score (nSPS) is 11.2. The molecule has 2 aromatic carbocycles. The van der Waals surface area contributed by atoms with Crippen LogP contribution in [-0.2, 0) is 14.8 Å². The van der Waals surface area contributed by atoms with Crippen molar-refractivity contribution < 1.29 is 22.7 Å². The fourth-order valence-electron chi connectivity index (χ4n) is 2.08. The number of halogens is 1. The van der Waals surface area contributed by atoms with Crippen molar-refractivity contribution in [1.29, 1.82) is 0 Å². The lowest BCUT2D eigenvalue weighted by molar-refractivity contribution is 0.0600. The minimum atomic E-state index is -3.80. The molecule has 0 unspecified atom stereocenters. The third kappa shape index (κ3) is 4.94. The molecule has 2 rings (SSSR count). The van der Waals surface area contributed by atoms with Gasteiger partial charge >= 0.3 is 5.97 Å². The van der Waals surface area contributed by atoms with Gasteiger partial charge in [0.15, 0.2) is 0 Å². The van der Waals surface area contributed by atoms with Crippen LogP contribution in [0.3, 0.4) is 0 Å². The van der Waals surface area contributed by atoms with E-state index < -0.39 is 16.0 Å². The number of hydrogen-bond donors (Lipinski definition) is 1. The van der Waals surface area contributed by atoms with Crippen LogP contribution < -0.4 is 9.46 Å². The summed E-state index contributed by atoms with van der Waals surface area (Å²) in [4.78, 5) is 11.5. The Bertz CT molecular complexity index is 867. The lowest BCUT2D eigenvalue weighted by Gasteiger charge is -2.11. The summed E-state index contributed by atoms with van der Waals surface area (Å²) in [5, 5.41) is 0.119. The second kappa shape index (κ2) is 8.33. The Labute approximate surface area is 151 Å². The predicted molar refractivity (Wildman–Crippen MR) is 94.7 cm³/mol. The molecule has 0 aromatic heterocycles. The molecule has 0 atom stereocenters. The van der Waals surface area contributed by atoms with Crippen LogP contribution in [-0.4, -0.2) is 34.6 Å². The number of esters is 1. The number of carbonyl (C=O) groups excluding carboxylic acids is 1. The van der Waals surface area contributed by atoms with Gasteiger partial charge in [-0.15, -0.1) is 0 Å². The Morgan fingerprint density at radius 2 is 1.92 bits per heavy atom. The van der Waals surface area contributed by atoms with Gasteiger partial charge in [-0.2, -0.15) is 0 Å². The number of aryl methyl sites for hydroxylation is 1. The summed E-state index contributed by atoms with van der Waals surface area (Å²) in [5.41, 5.74) is 0.953. The monoisotopic (exact) mass is 383 g/mol. The highest BCUT2D eigenvalue weighted by molar-refractivity contribution is 7.89. The van der Waals surface area contributed by atoms with Gasteiger partial charge in [-0.25, -0.2) is 17.9 Å². The molecule has 0 saturated carbocycles. The molecule has 25 heavy (non-hydrogen) atoms. The zero-order valence-electron chi connectivity index (χ0n) is 13.8. The second-order valence-corrected chi connectivity index (χ2v) is 7.32. The van der Waals surface area contributed by atoms with Gasteiger partial charge in [0.2, 0.25) is 10.0 Å². The van der Waals surface area contributed by atoms with E-state index in [9.17, 15) is 13.2 Å². The molecule has 0 spiro atoms. The van der Waals surface area contributed by atoms with Gasteiger partial charge in [0.25, 0.3) is 0 Å². The molecule has 0 aliphatic carbocycles. The first kappa shape index (κ1) is 19.2. The van der Waals surface area contributed by atoms with Gasteiger partial charge in [0, 0.05) is 6.54 Å². The number of nitrogens with one attached hydrogen (secondary N) is 1. The number of para-hydroxylation sites is 1. The Hall–Kier alpha value is -2.09. The zero-order valence-corrected chi connectivity index (χ0v) is 15.4. The molecule has 1 N–H and O–H groups in total. The number of hydrogen-bond acceptors (Lipinski definition) is 5. The molecule has 0 bridgehead atoms. The third-order valence-electron chi connectivity index (χ3n) is 3.40. The van der Waals surface area contributed by atoms with E-state index in [-0.39, 0.29) is 28.6 Å². The van der Waals surface area contributed by atoms with Gasteiger partial charge in [0.05, 0.1) is 22.6 Å². The van der Waals surface area contributed by atoms with Crippen LogP contribution in [0, 0.1) is 6.92 Å². The van der Waals surface area contributed by atoms with Crippen molar-refractivity contribution in [3.63, 3.8) is 0 Å². The maximum Gasteiger partial charge on any atom is 0.339 e. The molecule has 6 nitrogen and oxygen atoms in total. The lowest BCUT2D eigenvalue weighted by Crippen LogP contribution is -2.28. The van der Waals surface area contributed by atoms with Crippen molar-refractivity contribution in [3.8, 4) is 5.75 Å².